The first-order chi connectivity index (χ1) is 11.6. The third-order valence-corrected chi connectivity index (χ3v) is 3.72. The Morgan fingerprint density at radius 3 is 2.46 bits per heavy atom. The molecule has 0 aliphatic carbocycles. The van der Waals surface area contributed by atoms with Crippen LogP contribution in [0.4, 0.5) is 5.69 Å². The summed E-state index contributed by atoms with van der Waals surface area (Å²) in [6.07, 6.45) is 0. The molecule has 24 heavy (non-hydrogen) atoms. The van der Waals surface area contributed by atoms with Crippen molar-refractivity contribution in [3.8, 4) is 17.1 Å². The molecule has 0 spiro atoms. The van der Waals surface area contributed by atoms with Crippen LogP contribution < -0.4 is 0 Å². The van der Waals surface area contributed by atoms with Gasteiger partial charge in [0.05, 0.1) is 16.3 Å². The van der Waals surface area contributed by atoms with Crippen LogP contribution in [0.1, 0.15) is 5.69 Å². The Morgan fingerprint density at radius 2 is 1.79 bits per heavy atom. The summed E-state index contributed by atoms with van der Waals surface area (Å²) < 4.78 is 7.58. The number of hydrogen-bond acceptors (Lipinski definition) is 5. The zero-order valence-corrected chi connectivity index (χ0v) is 12.7. The van der Waals surface area contributed by atoms with Crippen LogP contribution in [0, 0.1) is 17.0 Å². The Hall–Kier alpha value is -3.48. The van der Waals surface area contributed by atoms with Gasteiger partial charge in [-0.3, -0.25) is 10.1 Å². The van der Waals surface area contributed by atoms with Gasteiger partial charge in [0.1, 0.15) is 0 Å². The van der Waals surface area contributed by atoms with Gasteiger partial charge in [0, 0.05) is 17.7 Å². The van der Waals surface area contributed by atoms with E-state index in [0.717, 1.165) is 11.4 Å². The molecule has 0 atom stereocenters. The maximum Gasteiger partial charge on any atom is 0.269 e. The molecule has 2 aromatic heterocycles. The molecule has 2 aromatic carbocycles. The molecule has 2 heterocycles. The fourth-order valence-electron chi connectivity index (χ4n) is 2.53. The Bertz CT molecular complexity index is 1030. The van der Waals surface area contributed by atoms with E-state index in [-0.39, 0.29) is 5.69 Å². The summed E-state index contributed by atoms with van der Waals surface area (Å²) in [5, 5.41) is 15.2. The van der Waals surface area contributed by atoms with Crippen LogP contribution in [-0.4, -0.2) is 19.7 Å². The quantitative estimate of drug-likeness (QED) is 0.422. The van der Waals surface area contributed by atoms with Gasteiger partial charge in [0.25, 0.3) is 11.4 Å². The summed E-state index contributed by atoms with van der Waals surface area (Å²) in [6.45, 7) is 1.86. The molecular weight excluding hydrogens is 308 g/mol. The normalized spacial score (nSPS) is 11.0. The van der Waals surface area contributed by atoms with Crippen LogP contribution in [0.25, 0.3) is 28.4 Å². The lowest BCUT2D eigenvalue weighted by Gasteiger charge is -2.00. The summed E-state index contributed by atoms with van der Waals surface area (Å²) in [5.41, 5.74) is 3.56. The molecule has 0 aliphatic rings. The number of aromatic nitrogens is 3. The molecule has 0 saturated carbocycles. The van der Waals surface area contributed by atoms with Gasteiger partial charge in [-0.05, 0) is 31.2 Å². The Labute approximate surface area is 136 Å². The largest absolute Gasteiger partial charge is 0.418 e. The predicted octanol–water partition coefficient (Wildman–Crippen LogP) is 3.90. The standard InChI is InChI=1S/C17H12N4O3/c1-11-15-17(20(19-11)13-5-3-2-4-6-13)24-16(18-15)12-7-9-14(10-8-12)21(22)23/h2-10H,1H3. The highest BCUT2D eigenvalue weighted by Crippen LogP contribution is 2.28. The maximum atomic E-state index is 10.7. The summed E-state index contributed by atoms with van der Waals surface area (Å²) in [7, 11) is 0. The van der Waals surface area contributed by atoms with Crippen LogP contribution >= 0.6 is 0 Å². The fourth-order valence-corrected chi connectivity index (χ4v) is 2.53. The molecule has 0 unspecified atom stereocenters. The minimum absolute atomic E-state index is 0.0292. The summed E-state index contributed by atoms with van der Waals surface area (Å²) in [5.74, 6) is 0.407. The van der Waals surface area contributed by atoms with E-state index in [1.54, 1.807) is 16.8 Å². The number of non-ortho nitro benzene ring substituents is 1. The number of fused-ring (bicyclic) bond motifs is 1. The van der Waals surface area contributed by atoms with Crippen LogP contribution in [0.15, 0.2) is 59.0 Å². The number of para-hydroxylation sites is 1. The van der Waals surface area contributed by atoms with Crippen molar-refractivity contribution >= 4 is 16.9 Å². The van der Waals surface area contributed by atoms with Gasteiger partial charge >= 0.3 is 0 Å². The van der Waals surface area contributed by atoms with Crippen LogP contribution in [0.3, 0.4) is 0 Å². The zero-order valence-electron chi connectivity index (χ0n) is 12.7. The summed E-state index contributed by atoms with van der Waals surface area (Å²) in [4.78, 5) is 14.8. The molecule has 7 nitrogen and oxygen atoms in total. The number of nitro groups is 1. The van der Waals surface area contributed by atoms with Crippen molar-refractivity contribution < 1.29 is 9.34 Å². The van der Waals surface area contributed by atoms with E-state index in [1.807, 2.05) is 37.3 Å². The number of oxazole rings is 1. The molecule has 0 radical (unpaired) electrons. The Balaban J connectivity index is 1.83. The van der Waals surface area contributed by atoms with Crippen molar-refractivity contribution in [3.05, 3.63) is 70.4 Å². The summed E-state index contributed by atoms with van der Waals surface area (Å²) in [6, 6.07) is 15.7. The number of nitrogens with zero attached hydrogens (tertiary/aromatic N) is 4. The monoisotopic (exact) mass is 320 g/mol. The Kier molecular flexibility index (Phi) is 3.13. The molecule has 0 bridgehead atoms. The topological polar surface area (TPSA) is 87.0 Å². The van der Waals surface area contributed by atoms with Crippen molar-refractivity contribution in [1.29, 1.82) is 0 Å². The molecule has 4 rings (SSSR count). The van der Waals surface area contributed by atoms with Gasteiger partial charge in [-0.2, -0.15) is 9.78 Å². The fraction of sp³-hybridized carbons (Fsp3) is 0.0588. The van der Waals surface area contributed by atoms with Gasteiger partial charge < -0.3 is 4.42 Å². The molecule has 0 aliphatic heterocycles. The van der Waals surface area contributed by atoms with E-state index in [2.05, 4.69) is 10.1 Å². The first kappa shape index (κ1) is 14.1. The second kappa shape index (κ2) is 5.31. The molecule has 7 heteroatoms. The average Bonchev–Trinajstić information content (AvgIpc) is 3.17. The predicted molar refractivity (Wildman–Crippen MR) is 88.0 cm³/mol. The van der Waals surface area contributed by atoms with E-state index in [0.29, 0.717) is 22.7 Å². The number of nitro benzene ring substituents is 1. The van der Waals surface area contributed by atoms with Gasteiger partial charge in [-0.1, -0.05) is 18.2 Å². The minimum Gasteiger partial charge on any atom is -0.418 e. The third-order valence-electron chi connectivity index (χ3n) is 3.72. The van der Waals surface area contributed by atoms with Gasteiger partial charge in [0.2, 0.25) is 5.89 Å². The smallest absolute Gasteiger partial charge is 0.269 e. The number of rotatable bonds is 3. The molecule has 4 aromatic rings. The van der Waals surface area contributed by atoms with E-state index >= 15 is 0 Å². The molecule has 0 N–H and O–H groups in total. The Morgan fingerprint density at radius 1 is 1.08 bits per heavy atom. The second-order valence-electron chi connectivity index (χ2n) is 5.31. The molecule has 0 fully saturated rings. The van der Waals surface area contributed by atoms with E-state index < -0.39 is 4.92 Å². The van der Waals surface area contributed by atoms with E-state index in [9.17, 15) is 10.1 Å². The first-order valence-electron chi connectivity index (χ1n) is 7.30. The number of aryl methyl sites for hydroxylation is 1. The first-order valence-corrected chi connectivity index (χ1v) is 7.30. The lowest BCUT2D eigenvalue weighted by atomic mass is 10.2. The van der Waals surface area contributed by atoms with Crippen molar-refractivity contribution in [2.45, 2.75) is 6.92 Å². The number of benzene rings is 2. The zero-order chi connectivity index (χ0) is 16.7. The molecule has 0 saturated heterocycles. The molecule has 0 amide bonds. The van der Waals surface area contributed by atoms with Crippen LogP contribution in [0.5, 0.6) is 0 Å². The second-order valence-corrected chi connectivity index (χ2v) is 5.31. The average molecular weight is 320 g/mol. The van der Waals surface area contributed by atoms with Crippen molar-refractivity contribution in [1.82, 2.24) is 14.8 Å². The van der Waals surface area contributed by atoms with Crippen LogP contribution in [-0.2, 0) is 0 Å². The van der Waals surface area contributed by atoms with E-state index in [1.165, 1.54) is 12.1 Å². The summed E-state index contributed by atoms with van der Waals surface area (Å²) >= 11 is 0. The SMILES string of the molecule is Cc1nn(-c2ccccc2)c2oc(-c3ccc([N+](=O)[O-])cc3)nc12. The lowest BCUT2D eigenvalue weighted by molar-refractivity contribution is -0.384. The van der Waals surface area contributed by atoms with E-state index in [4.69, 9.17) is 4.42 Å². The lowest BCUT2D eigenvalue weighted by Crippen LogP contribution is -1.95. The van der Waals surface area contributed by atoms with Crippen LogP contribution in [0.2, 0.25) is 0 Å². The molecular formula is C17H12N4O3. The van der Waals surface area contributed by atoms with Gasteiger partial charge in [-0.15, -0.1) is 0 Å². The van der Waals surface area contributed by atoms with Crippen molar-refractivity contribution in [2.75, 3.05) is 0 Å². The highest BCUT2D eigenvalue weighted by Gasteiger charge is 2.18. The van der Waals surface area contributed by atoms with Gasteiger partial charge in [0.15, 0.2) is 5.52 Å². The maximum absolute atomic E-state index is 10.7. The molecule has 118 valence electrons. The highest BCUT2D eigenvalue weighted by atomic mass is 16.6. The van der Waals surface area contributed by atoms with Gasteiger partial charge in [-0.25, -0.2) is 4.98 Å². The van der Waals surface area contributed by atoms with Crippen molar-refractivity contribution in [3.63, 3.8) is 0 Å². The minimum atomic E-state index is -0.437. The number of hydrogen-bond donors (Lipinski definition) is 0. The third kappa shape index (κ3) is 2.23. The highest BCUT2D eigenvalue weighted by molar-refractivity contribution is 5.77. The van der Waals surface area contributed by atoms with Crippen molar-refractivity contribution in [2.24, 2.45) is 0 Å².